The maximum atomic E-state index is 11.9. The Morgan fingerprint density at radius 1 is 1.64 bits per heavy atom. The predicted molar refractivity (Wildman–Crippen MR) is 54.8 cm³/mol. The smallest absolute Gasteiger partial charge is 0.246 e. The molecule has 5 heteroatoms. The van der Waals surface area contributed by atoms with Crippen molar-refractivity contribution in [3.63, 3.8) is 0 Å². The zero-order valence-corrected chi connectivity index (χ0v) is 8.97. The number of hydrogen-bond acceptors (Lipinski definition) is 3. The molecule has 2 atom stereocenters. The van der Waals surface area contributed by atoms with Gasteiger partial charge in [-0.1, -0.05) is 0 Å². The van der Waals surface area contributed by atoms with E-state index in [-0.39, 0.29) is 17.9 Å². The van der Waals surface area contributed by atoms with E-state index in [0.717, 1.165) is 11.6 Å². The van der Waals surface area contributed by atoms with E-state index in [1.54, 1.807) is 11.8 Å². The van der Waals surface area contributed by atoms with Gasteiger partial charge in [0.15, 0.2) is 0 Å². The maximum absolute atomic E-state index is 11.9. The minimum absolute atomic E-state index is 0.00264. The molecule has 1 N–H and O–H groups in total. The highest BCUT2D eigenvalue weighted by Crippen LogP contribution is 2.22. The monoisotopic (exact) mass is 214 g/mol. The molecule has 0 radical (unpaired) electrons. The lowest BCUT2D eigenvalue weighted by atomic mass is 10.2. The number of nitrogens with zero attached hydrogens (tertiary/aromatic N) is 1. The molecule has 78 valence electrons. The molecule has 0 aromatic heterocycles. The van der Waals surface area contributed by atoms with E-state index in [1.165, 1.54) is 0 Å². The fraction of sp³-hybridized carbons (Fsp3) is 0.778. The first-order valence-corrected chi connectivity index (χ1v) is 6.01. The van der Waals surface area contributed by atoms with E-state index in [2.05, 4.69) is 12.2 Å². The summed E-state index contributed by atoms with van der Waals surface area (Å²) < 4.78 is 0. The van der Waals surface area contributed by atoms with Gasteiger partial charge in [-0.3, -0.25) is 9.59 Å². The van der Waals surface area contributed by atoms with Crippen molar-refractivity contribution in [2.75, 3.05) is 11.6 Å². The minimum atomic E-state index is -0.261. The second-order valence-corrected chi connectivity index (χ2v) is 4.82. The predicted octanol–water partition coefficient (Wildman–Crippen LogP) is 0.186. The van der Waals surface area contributed by atoms with Crippen LogP contribution >= 0.6 is 11.8 Å². The average Bonchev–Trinajstić information content (AvgIpc) is 2.73. The summed E-state index contributed by atoms with van der Waals surface area (Å²) in [5.74, 6) is 1.87. The second-order valence-electron chi connectivity index (χ2n) is 3.82. The van der Waals surface area contributed by atoms with Gasteiger partial charge in [-0.15, -0.1) is 11.8 Å². The SMILES string of the molecule is C[C@@H]1CSCN1C(=O)[C@@H]1CCC(=O)N1. The lowest BCUT2D eigenvalue weighted by Gasteiger charge is -2.23. The fourth-order valence-electron chi connectivity index (χ4n) is 1.82. The molecule has 0 aromatic carbocycles. The molecule has 14 heavy (non-hydrogen) atoms. The van der Waals surface area contributed by atoms with Crippen LogP contribution in [0.1, 0.15) is 19.8 Å². The van der Waals surface area contributed by atoms with E-state index < -0.39 is 0 Å². The first-order chi connectivity index (χ1) is 6.68. The molecule has 0 aliphatic carbocycles. The molecular formula is C9H14N2O2S. The molecule has 0 bridgehead atoms. The first-order valence-electron chi connectivity index (χ1n) is 4.86. The third-order valence-corrected chi connectivity index (χ3v) is 3.88. The van der Waals surface area contributed by atoms with Crippen LogP contribution in [0, 0.1) is 0 Å². The summed E-state index contributed by atoms with van der Waals surface area (Å²) in [6.07, 6.45) is 1.15. The molecular weight excluding hydrogens is 200 g/mol. The van der Waals surface area contributed by atoms with E-state index >= 15 is 0 Å². The van der Waals surface area contributed by atoms with Crippen molar-refractivity contribution >= 4 is 23.6 Å². The Hall–Kier alpha value is -0.710. The number of rotatable bonds is 1. The number of amides is 2. The number of hydrogen-bond donors (Lipinski definition) is 1. The highest BCUT2D eigenvalue weighted by molar-refractivity contribution is 7.99. The Bertz CT molecular complexity index is 270. The summed E-state index contributed by atoms with van der Waals surface area (Å²) in [6.45, 7) is 2.05. The molecule has 0 saturated carbocycles. The fourth-order valence-corrected chi connectivity index (χ4v) is 3.02. The number of carbonyl (C=O) groups is 2. The molecule has 4 nitrogen and oxygen atoms in total. The van der Waals surface area contributed by atoms with Gasteiger partial charge in [0.25, 0.3) is 0 Å². The highest BCUT2D eigenvalue weighted by Gasteiger charge is 2.34. The van der Waals surface area contributed by atoms with E-state index in [4.69, 9.17) is 0 Å². The molecule has 2 heterocycles. The Labute approximate surface area is 87.4 Å². The molecule has 2 aliphatic rings. The molecule has 2 fully saturated rings. The average molecular weight is 214 g/mol. The summed E-state index contributed by atoms with van der Waals surface area (Å²) in [5.41, 5.74) is 0. The van der Waals surface area contributed by atoms with Crippen molar-refractivity contribution in [1.29, 1.82) is 0 Å². The van der Waals surface area contributed by atoms with Crippen LogP contribution in [0.25, 0.3) is 0 Å². The van der Waals surface area contributed by atoms with E-state index in [9.17, 15) is 9.59 Å². The van der Waals surface area contributed by atoms with Gasteiger partial charge in [0.2, 0.25) is 11.8 Å². The van der Waals surface area contributed by atoms with Gasteiger partial charge in [0.1, 0.15) is 6.04 Å². The second kappa shape index (κ2) is 3.81. The Morgan fingerprint density at radius 3 is 2.93 bits per heavy atom. The van der Waals surface area contributed by atoms with Gasteiger partial charge in [0, 0.05) is 18.2 Å². The van der Waals surface area contributed by atoms with Gasteiger partial charge in [-0.05, 0) is 13.3 Å². The van der Waals surface area contributed by atoms with Crippen molar-refractivity contribution in [3.05, 3.63) is 0 Å². The number of thioether (sulfide) groups is 1. The quantitative estimate of drug-likeness (QED) is 0.677. The molecule has 0 spiro atoms. The summed E-state index contributed by atoms with van der Waals surface area (Å²) in [5, 5.41) is 2.71. The molecule has 2 aliphatic heterocycles. The Morgan fingerprint density at radius 2 is 2.43 bits per heavy atom. The lowest BCUT2D eigenvalue weighted by molar-refractivity contribution is -0.134. The topological polar surface area (TPSA) is 49.4 Å². The molecule has 2 amide bonds. The largest absolute Gasteiger partial charge is 0.344 e. The number of nitrogens with one attached hydrogen (secondary N) is 1. The molecule has 0 aromatic rings. The van der Waals surface area contributed by atoms with Crippen molar-refractivity contribution in [2.24, 2.45) is 0 Å². The van der Waals surface area contributed by atoms with Crippen molar-refractivity contribution in [3.8, 4) is 0 Å². The van der Waals surface area contributed by atoms with Crippen molar-refractivity contribution in [1.82, 2.24) is 10.2 Å². The maximum Gasteiger partial charge on any atom is 0.246 e. The zero-order valence-electron chi connectivity index (χ0n) is 8.16. The molecule has 0 unspecified atom stereocenters. The van der Waals surface area contributed by atoms with Gasteiger partial charge in [-0.25, -0.2) is 0 Å². The van der Waals surface area contributed by atoms with Crippen LogP contribution in [0.15, 0.2) is 0 Å². The van der Waals surface area contributed by atoms with Crippen LogP contribution < -0.4 is 5.32 Å². The van der Waals surface area contributed by atoms with Crippen LogP contribution in [0.3, 0.4) is 0 Å². The minimum Gasteiger partial charge on any atom is -0.344 e. The summed E-state index contributed by atoms with van der Waals surface area (Å²) in [7, 11) is 0. The van der Waals surface area contributed by atoms with Crippen molar-refractivity contribution in [2.45, 2.75) is 31.8 Å². The normalized spacial score (nSPS) is 32.1. The van der Waals surface area contributed by atoms with Gasteiger partial charge in [-0.2, -0.15) is 0 Å². The standard InChI is InChI=1S/C9H14N2O2S/c1-6-4-14-5-11(6)9(13)7-2-3-8(12)10-7/h6-7H,2-5H2,1H3,(H,10,12)/t6-,7+/m1/s1. The highest BCUT2D eigenvalue weighted by atomic mass is 32.2. The lowest BCUT2D eigenvalue weighted by Crippen LogP contribution is -2.46. The third kappa shape index (κ3) is 1.73. The first kappa shape index (κ1) is 9.83. The Balaban J connectivity index is 1.97. The molecule has 2 saturated heterocycles. The van der Waals surface area contributed by atoms with Crippen LogP contribution in [-0.2, 0) is 9.59 Å². The van der Waals surface area contributed by atoms with Gasteiger partial charge >= 0.3 is 0 Å². The van der Waals surface area contributed by atoms with Gasteiger partial charge in [0.05, 0.1) is 5.88 Å². The van der Waals surface area contributed by atoms with Crippen LogP contribution in [0.5, 0.6) is 0 Å². The summed E-state index contributed by atoms with van der Waals surface area (Å²) in [6, 6.07) is 0.0497. The molecule has 2 rings (SSSR count). The number of carbonyl (C=O) groups excluding carboxylic acids is 2. The van der Waals surface area contributed by atoms with Crippen LogP contribution in [0.2, 0.25) is 0 Å². The van der Waals surface area contributed by atoms with E-state index in [0.29, 0.717) is 18.9 Å². The van der Waals surface area contributed by atoms with Crippen LogP contribution in [-0.4, -0.2) is 40.4 Å². The van der Waals surface area contributed by atoms with E-state index in [1.807, 2.05) is 4.90 Å². The zero-order chi connectivity index (χ0) is 10.1. The summed E-state index contributed by atoms with van der Waals surface area (Å²) in [4.78, 5) is 24.7. The Kier molecular flexibility index (Phi) is 2.67. The van der Waals surface area contributed by atoms with Crippen LogP contribution in [0.4, 0.5) is 0 Å². The van der Waals surface area contributed by atoms with Crippen molar-refractivity contribution < 1.29 is 9.59 Å². The summed E-state index contributed by atoms with van der Waals surface area (Å²) >= 11 is 1.77. The van der Waals surface area contributed by atoms with Gasteiger partial charge < -0.3 is 10.2 Å². The third-order valence-electron chi connectivity index (χ3n) is 2.70.